The zero-order valence-corrected chi connectivity index (χ0v) is 13.6. The maximum Gasteiger partial charge on any atom is 0.303 e. The van der Waals surface area contributed by atoms with E-state index in [0.29, 0.717) is 12.1 Å². The van der Waals surface area contributed by atoms with Crippen molar-refractivity contribution in [2.75, 3.05) is 11.4 Å². The van der Waals surface area contributed by atoms with Gasteiger partial charge in [0.05, 0.1) is 6.42 Å². The Balaban J connectivity index is 1.75. The van der Waals surface area contributed by atoms with Crippen LogP contribution in [0.3, 0.4) is 0 Å². The average molecular weight is 337 g/mol. The second-order valence-corrected chi connectivity index (χ2v) is 6.21. The molecule has 1 heterocycles. The fourth-order valence-electron chi connectivity index (χ4n) is 3.09. The summed E-state index contributed by atoms with van der Waals surface area (Å²) in [5, 5.41) is 16.3. The van der Waals surface area contributed by atoms with Crippen LogP contribution in [-0.4, -0.2) is 29.4 Å². The van der Waals surface area contributed by atoms with Gasteiger partial charge in [-0.15, -0.1) is 0 Å². The topological polar surface area (TPSA) is 107 Å². The SMILES string of the molecule is N=C(N)c1ccc(-c2ccc(N3CC(CC(=O)O)CC3=O)cc2)cc1. The van der Waals surface area contributed by atoms with Crippen LogP contribution in [-0.2, 0) is 9.59 Å². The summed E-state index contributed by atoms with van der Waals surface area (Å²) in [7, 11) is 0. The van der Waals surface area contributed by atoms with Crippen LogP contribution in [0, 0.1) is 11.3 Å². The second kappa shape index (κ2) is 6.76. The lowest BCUT2D eigenvalue weighted by atomic mass is 10.0. The molecular formula is C19H19N3O3. The number of benzene rings is 2. The number of hydrogen-bond acceptors (Lipinski definition) is 3. The fourth-order valence-corrected chi connectivity index (χ4v) is 3.09. The predicted molar refractivity (Wildman–Crippen MR) is 95.6 cm³/mol. The Hall–Kier alpha value is -3.15. The van der Waals surface area contributed by atoms with E-state index < -0.39 is 5.97 Å². The molecule has 2 aromatic carbocycles. The Labute approximate surface area is 145 Å². The van der Waals surface area contributed by atoms with Crippen molar-refractivity contribution in [2.24, 2.45) is 11.7 Å². The molecule has 0 radical (unpaired) electrons. The van der Waals surface area contributed by atoms with Crippen molar-refractivity contribution in [3.63, 3.8) is 0 Å². The van der Waals surface area contributed by atoms with Gasteiger partial charge in [0.15, 0.2) is 0 Å². The first kappa shape index (κ1) is 16.7. The Bertz CT molecular complexity index is 813. The van der Waals surface area contributed by atoms with Gasteiger partial charge in [0.25, 0.3) is 0 Å². The first-order valence-corrected chi connectivity index (χ1v) is 8.01. The molecular weight excluding hydrogens is 318 g/mol. The molecule has 1 atom stereocenters. The number of nitrogen functional groups attached to an aromatic ring is 1. The molecule has 1 saturated heterocycles. The van der Waals surface area contributed by atoms with Crippen LogP contribution < -0.4 is 10.6 Å². The molecule has 1 fully saturated rings. The van der Waals surface area contributed by atoms with E-state index in [2.05, 4.69) is 0 Å². The summed E-state index contributed by atoms with van der Waals surface area (Å²) in [6.07, 6.45) is 0.295. The summed E-state index contributed by atoms with van der Waals surface area (Å²) < 4.78 is 0. The highest BCUT2D eigenvalue weighted by Crippen LogP contribution is 2.29. The number of aliphatic carboxylic acids is 1. The molecule has 6 nitrogen and oxygen atoms in total. The van der Waals surface area contributed by atoms with Gasteiger partial charge in [0.1, 0.15) is 5.84 Å². The molecule has 2 aromatic rings. The molecule has 0 aromatic heterocycles. The number of carboxylic acids is 1. The van der Waals surface area contributed by atoms with Crippen molar-refractivity contribution >= 4 is 23.4 Å². The molecule has 6 heteroatoms. The first-order chi connectivity index (χ1) is 11.9. The lowest BCUT2D eigenvalue weighted by molar-refractivity contribution is -0.137. The summed E-state index contributed by atoms with van der Waals surface area (Å²) in [4.78, 5) is 24.6. The molecule has 1 aliphatic heterocycles. The Morgan fingerprint density at radius 1 is 1.12 bits per heavy atom. The van der Waals surface area contributed by atoms with Crippen LogP contribution in [0.5, 0.6) is 0 Å². The molecule has 3 rings (SSSR count). The van der Waals surface area contributed by atoms with Gasteiger partial charge in [-0.25, -0.2) is 0 Å². The smallest absolute Gasteiger partial charge is 0.303 e. The third-order valence-corrected chi connectivity index (χ3v) is 4.38. The first-order valence-electron chi connectivity index (χ1n) is 8.01. The van der Waals surface area contributed by atoms with E-state index in [1.54, 1.807) is 17.0 Å². The van der Waals surface area contributed by atoms with E-state index in [0.717, 1.165) is 16.8 Å². The number of nitrogens with zero attached hydrogens (tertiary/aromatic N) is 1. The Morgan fingerprint density at radius 2 is 1.68 bits per heavy atom. The van der Waals surface area contributed by atoms with Gasteiger partial charge in [-0.05, 0) is 29.2 Å². The van der Waals surface area contributed by atoms with Crippen molar-refractivity contribution < 1.29 is 14.7 Å². The van der Waals surface area contributed by atoms with Crippen LogP contribution in [0.2, 0.25) is 0 Å². The maximum atomic E-state index is 12.1. The number of nitrogens with two attached hydrogens (primary N) is 1. The highest BCUT2D eigenvalue weighted by Gasteiger charge is 2.31. The zero-order valence-electron chi connectivity index (χ0n) is 13.6. The van der Waals surface area contributed by atoms with E-state index in [-0.39, 0.29) is 30.5 Å². The highest BCUT2D eigenvalue weighted by atomic mass is 16.4. The molecule has 0 aliphatic carbocycles. The van der Waals surface area contributed by atoms with Crippen LogP contribution in [0.25, 0.3) is 11.1 Å². The zero-order chi connectivity index (χ0) is 18.0. The summed E-state index contributed by atoms with van der Waals surface area (Å²) >= 11 is 0. The Kier molecular flexibility index (Phi) is 4.52. The van der Waals surface area contributed by atoms with Gasteiger partial charge in [0.2, 0.25) is 5.91 Å². The summed E-state index contributed by atoms with van der Waals surface area (Å²) in [5.41, 5.74) is 8.90. The summed E-state index contributed by atoms with van der Waals surface area (Å²) in [6.45, 7) is 0.442. The predicted octanol–water partition coefficient (Wildman–Crippen LogP) is 2.47. The number of carboxylic acid groups (broad SMARTS) is 1. The van der Waals surface area contributed by atoms with Crippen LogP contribution in [0.4, 0.5) is 5.69 Å². The van der Waals surface area contributed by atoms with E-state index >= 15 is 0 Å². The van der Waals surface area contributed by atoms with Crippen molar-refractivity contribution in [1.82, 2.24) is 0 Å². The minimum absolute atomic E-state index is 0.0167. The van der Waals surface area contributed by atoms with Crippen molar-refractivity contribution in [3.8, 4) is 11.1 Å². The number of nitrogens with one attached hydrogen (secondary N) is 1. The standard InChI is InChI=1S/C19H19N3O3/c20-19(21)15-3-1-13(2-4-15)14-5-7-16(8-6-14)22-11-12(9-17(22)23)10-18(24)25/h1-8,12H,9-11H2,(H3,20,21)(H,24,25). The molecule has 1 unspecified atom stereocenters. The molecule has 1 amide bonds. The van der Waals surface area contributed by atoms with Gasteiger partial charge >= 0.3 is 5.97 Å². The molecule has 0 spiro atoms. The third kappa shape index (κ3) is 3.68. The fraction of sp³-hybridized carbons (Fsp3) is 0.211. The number of carbonyl (C=O) groups excluding carboxylic acids is 1. The van der Waals surface area contributed by atoms with Gasteiger partial charge in [-0.3, -0.25) is 15.0 Å². The maximum absolute atomic E-state index is 12.1. The number of rotatable bonds is 5. The summed E-state index contributed by atoms with van der Waals surface area (Å²) in [6, 6.07) is 15.0. The van der Waals surface area contributed by atoms with Crippen molar-refractivity contribution in [1.29, 1.82) is 5.41 Å². The van der Waals surface area contributed by atoms with E-state index in [9.17, 15) is 9.59 Å². The quantitative estimate of drug-likeness (QED) is 0.575. The second-order valence-electron chi connectivity index (χ2n) is 6.21. The van der Waals surface area contributed by atoms with Crippen molar-refractivity contribution in [3.05, 3.63) is 54.1 Å². The van der Waals surface area contributed by atoms with Crippen LogP contribution in [0.15, 0.2) is 48.5 Å². The van der Waals surface area contributed by atoms with E-state index in [4.69, 9.17) is 16.2 Å². The molecule has 25 heavy (non-hydrogen) atoms. The van der Waals surface area contributed by atoms with Crippen molar-refractivity contribution in [2.45, 2.75) is 12.8 Å². The van der Waals surface area contributed by atoms with Crippen LogP contribution >= 0.6 is 0 Å². The molecule has 128 valence electrons. The minimum Gasteiger partial charge on any atom is -0.481 e. The van der Waals surface area contributed by atoms with Gasteiger partial charge in [-0.2, -0.15) is 0 Å². The van der Waals surface area contributed by atoms with E-state index in [1.807, 2.05) is 36.4 Å². The molecule has 1 aliphatic rings. The number of amides is 1. The molecule has 0 saturated carbocycles. The number of carbonyl (C=O) groups is 2. The molecule has 0 bridgehead atoms. The molecule has 4 N–H and O–H groups in total. The van der Waals surface area contributed by atoms with Gasteiger partial charge < -0.3 is 15.7 Å². The lowest BCUT2D eigenvalue weighted by Gasteiger charge is -2.17. The van der Waals surface area contributed by atoms with Gasteiger partial charge in [0, 0.05) is 24.2 Å². The highest BCUT2D eigenvalue weighted by molar-refractivity contribution is 5.97. The normalized spacial score (nSPS) is 16.9. The van der Waals surface area contributed by atoms with E-state index in [1.165, 1.54) is 0 Å². The lowest BCUT2D eigenvalue weighted by Crippen LogP contribution is -2.24. The number of amidine groups is 1. The third-order valence-electron chi connectivity index (χ3n) is 4.38. The summed E-state index contributed by atoms with van der Waals surface area (Å²) in [5.74, 6) is -1.01. The van der Waals surface area contributed by atoms with Crippen LogP contribution in [0.1, 0.15) is 18.4 Å². The average Bonchev–Trinajstić information content (AvgIpc) is 2.94. The minimum atomic E-state index is -0.871. The Morgan fingerprint density at radius 3 is 2.20 bits per heavy atom. The number of anilines is 1. The number of hydrogen-bond donors (Lipinski definition) is 3. The largest absolute Gasteiger partial charge is 0.481 e. The van der Waals surface area contributed by atoms with Gasteiger partial charge in [-0.1, -0.05) is 36.4 Å². The monoisotopic (exact) mass is 337 g/mol.